The number of fused-ring (bicyclic) bond motifs is 1. The summed E-state index contributed by atoms with van der Waals surface area (Å²) in [5.74, 6) is 2.03. The smallest absolute Gasteiger partial charge is 0.123 e. The number of aryl methyl sites for hydroxylation is 4. The predicted octanol–water partition coefficient (Wildman–Crippen LogP) is 4.37. The first kappa shape index (κ1) is 16.5. The molecule has 0 spiro atoms. The molecule has 0 aliphatic carbocycles. The first-order valence-corrected chi connectivity index (χ1v) is 8.78. The van der Waals surface area contributed by atoms with E-state index < -0.39 is 0 Å². The largest absolute Gasteiger partial charge is 0.303 e. The molecule has 3 rings (SSSR count). The average Bonchev–Trinajstić information content (AvgIpc) is 2.99. The maximum Gasteiger partial charge on any atom is 0.123 e. The van der Waals surface area contributed by atoms with Crippen molar-refractivity contribution in [1.29, 1.82) is 0 Å². The zero-order valence-electron chi connectivity index (χ0n) is 14.5. The van der Waals surface area contributed by atoms with Crippen molar-refractivity contribution >= 4 is 16.2 Å². The van der Waals surface area contributed by atoms with Crippen LogP contribution in [0.1, 0.15) is 48.8 Å². The Labute approximate surface area is 133 Å². The van der Waals surface area contributed by atoms with Gasteiger partial charge in [0.25, 0.3) is 0 Å². The number of imidazole rings is 1. The highest BCUT2D eigenvalue weighted by Crippen LogP contribution is 2.25. The highest BCUT2D eigenvalue weighted by atomic mass is 32.1. The van der Waals surface area contributed by atoms with Crippen molar-refractivity contribution in [1.82, 2.24) is 14.3 Å². The molecule has 0 radical (unpaired) electrons. The normalized spacial score (nSPS) is 22.6. The maximum absolute atomic E-state index is 4.43. The second-order valence-corrected chi connectivity index (χ2v) is 7.67. The molecular formula is C17H29N3S. The number of nitrogens with zero attached hydrogens (tertiary/aromatic N) is 3. The molecule has 21 heavy (non-hydrogen) atoms. The summed E-state index contributed by atoms with van der Waals surface area (Å²) in [6.45, 7) is 14.3. The number of thiazole rings is 1. The van der Waals surface area contributed by atoms with Gasteiger partial charge in [-0.2, -0.15) is 0 Å². The molecule has 2 atom stereocenters. The molecule has 1 aliphatic rings. The zero-order valence-corrected chi connectivity index (χ0v) is 15.3. The zero-order chi connectivity index (χ0) is 15.7. The van der Waals surface area contributed by atoms with Crippen LogP contribution in [0.15, 0.2) is 0 Å². The van der Waals surface area contributed by atoms with Crippen LogP contribution in [-0.4, -0.2) is 33.9 Å². The Hall–Kier alpha value is -0.870. The van der Waals surface area contributed by atoms with Crippen LogP contribution in [0.25, 0.3) is 4.83 Å². The van der Waals surface area contributed by atoms with Gasteiger partial charge >= 0.3 is 0 Å². The summed E-state index contributed by atoms with van der Waals surface area (Å²) >= 11 is 1.83. The summed E-state index contributed by atoms with van der Waals surface area (Å²) < 4.78 is 2.23. The molecule has 0 N–H and O–H groups in total. The number of rotatable bonds is 1. The van der Waals surface area contributed by atoms with Crippen LogP contribution in [-0.2, 0) is 0 Å². The van der Waals surface area contributed by atoms with E-state index in [4.69, 9.17) is 0 Å². The average molecular weight is 308 g/mol. The highest BCUT2D eigenvalue weighted by molar-refractivity contribution is 7.17. The lowest BCUT2D eigenvalue weighted by Crippen LogP contribution is -2.23. The molecule has 1 saturated heterocycles. The second-order valence-electron chi connectivity index (χ2n) is 6.47. The van der Waals surface area contributed by atoms with Gasteiger partial charge in [-0.15, -0.1) is 11.3 Å². The van der Waals surface area contributed by atoms with E-state index in [2.05, 4.69) is 62.9 Å². The molecule has 0 amide bonds. The van der Waals surface area contributed by atoms with Gasteiger partial charge in [0.05, 0.1) is 5.69 Å². The van der Waals surface area contributed by atoms with Gasteiger partial charge in [0.2, 0.25) is 0 Å². The minimum absolute atomic E-state index is 0.875. The number of hydrogen-bond donors (Lipinski definition) is 0. The number of aromatic nitrogens is 2. The van der Waals surface area contributed by atoms with E-state index in [0.29, 0.717) is 0 Å². The Morgan fingerprint density at radius 2 is 1.90 bits per heavy atom. The minimum Gasteiger partial charge on any atom is -0.303 e. The van der Waals surface area contributed by atoms with E-state index >= 15 is 0 Å². The SMILES string of the molecule is CCC1C[C@@H](C)CN1C.Cc1sc2c(C)nc(C)n2c1C. The van der Waals surface area contributed by atoms with E-state index in [1.165, 1.54) is 34.8 Å². The van der Waals surface area contributed by atoms with Crippen LogP contribution in [0.2, 0.25) is 0 Å². The quantitative estimate of drug-likeness (QED) is 0.780. The van der Waals surface area contributed by atoms with Gasteiger partial charge < -0.3 is 4.90 Å². The molecule has 118 valence electrons. The fourth-order valence-electron chi connectivity index (χ4n) is 3.38. The van der Waals surface area contributed by atoms with Gasteiger partial charge in [-0.05, 0) is 53.5 Å². The van der Waals surface area contributed by atoms with E-state index in [1.54, 1.807) is 0 Å². The summed E-state index contributed by atoms with van der Waals surface area (Å²) in [6, 6.07) is 0.875. The Morgan fingerprint density at radius 3 is 2.33 bits per heavy atom. The van der Waals surface area contributed by atoms with Gasteiger partial charge in [-0.25, -0.2) is 4.98 Å². The topological polar surface area (TPSA) is 20.5 Å². The van der Waals surface area contributed by atoms with Crippen LogP contribution < -0.4 is 0 Å². The lowest BCUT2D eigenvalue weighted by Gasteiger charge is -2.16. The summed E-state index contributed by atoms with van der Waals surface area (Å²) in [6.07, 6.45) is 2.73. The Kier molecular flexibility index (Phi) is 5.10. The summed E-state index contributed by atoms with van der Waals surface area (Å²) in [5, 5.41) is 0. The Bertz CT molecular complexity index is 611. The fraction of sp³-hybridized carbons (Fsp3) is 0.706. The summed E-state index contributed by atoms with van der Waals surface area (Å²) in [4.78, 5) is 9.58. The van der Waals surface area contributed by atoms with Crippen molar-refractivity contribution in [3.63, 3.8) is 0 Å². The van der Waals surface area contributed by atoms with Crippen molar-refractivity contribution in [3.8, 4) is 0 Å². The molecule has 4 heteroatoms. The molecule has 2 aromatic rings. The molecule has 0 bridgehead atoms. The first-order chi connectivity index (χ1) is 9.85. The number of hydrogen-bond acceptors (Lipinski definition) is 3. The maximum atomic E-state index is 4.43. The molecule has 1 unspecified atom stereocenters. The van der Waals surface area contributed by atoms with Crippen molar-refractivity contribution in [3.05, 3.63) is 22.1 Å². The third-order valence-corrected chi connectivity index (χ3v) is 5.90. The van der Waals surface area contributed by atoms with Gasteiger partial charge in [-0.1, -0.05) is 13.8 Å². The van der Waals surface area contributed by atoms with E-state index in [1.807, 2.05) is 11.3 Å². The lowest BCUT2D eigenvalue weighted by molar-refractivity contribution is 0.302. The Morgan fingerprint density at radius 1 is 1.24 bits per heavy atom. The van der Waals surface area contributed by atoms with Gasteiger partial charge in [-0.3, -0.25) is 4.40 Å². The van der Waals surface area contributed by atoms with Crippen molar-refractivity contribution in [2.75, 3.05) is 13.6 Å². The lowest BCUT2D eigenvalue weighted by atomic mass is 10.1. The predicted molar refractivity (Wildman–Crippen MR) is 92.5 cm³/mol. The molecule has 0 saturated carbocycles. The molecular weight excluding hydrogens is 278 g/mol. The molecule has 3 heterocycles. The number of likely N-dealkylation sites (tertiary alicyclic amines) is 1. The first-order valence-electron chi connectivity index (χ1n) is 7.97. The molecule has 3 nitrogen and oxygen atoms in total. The Balaban J connectivity index is 0.000000161. The van der Waals surface area contributed by atoms with Gasteiger partial charge in [0.15, 0.2) is 0 Å². The minimum atomic E-state index is 0.875. The molecule has 0 aromatic carbocycles. The molecule has 2 aromatic heterocycles. The van der Waals surface area contributed by atoms with E-state index in [-0.39, 0.29) is 0 Å². The van der Waals surface area contributed by atoms with Crippen LogP contribution in [0.5, 0.6) is 0 Å². The summed E-state index contributed by atoms with van der Waals surface area (Å²) in [7, 11) is 2.23. The van der Waals surface area contributed by atoms with E-state index in [9.17, 15) is 0 Å². The third-order valence-electron chi connectivity index (χ3n) is 4.63. The third kappa shape index (κ3) is 3.32. The van der Waals surface area contributed by atoms with E-state index in [0.717, 1.165) is 23.5 Å². The summed E-state index contributed by atoms with van der Waals surface area (Å²) in [5.41, 5.74) is 2.47. The molecule has 1 fully saturated rings. The van der Waals surface area contributed by atoms with Crippen LogP contribution >= 0.6 is 11.3 Å². The van der Waals surface area contributed by atoms with Crippen molar-refractivity contribution in [2.45, 2.75) is 60.4 Å². The van der Waals surface area contributed by atoms with Crippen molar-refractivity contribution < 1.29 is 0 Å². The van der Waals surface area contributed by atoms with Gasteiger partial charge in [0.1, 0.15) is 10.7 Å². The van der Waals surface area contributed by atoms with Crippen LogP contribution in [0.4, 0.5) is 0 Å². The van der Waals surface area contributed by atoms with Crippen molar-refractivity contribution in [2.24, 2.45) is 5.92 Å². The standard InChI is InChI=1S/C9H12N2S.C8H17N/c1-5-9-11(8(4)10-5)6(2)7(3)12-9;1-4-8-5-7(2)6-9(8)3/h1-4H3;7-8H,4-6H2,1-3H3/t;7-,8?/m.1/s1. The highest BCUT2D eigenvalue weighted by Gasteiger charge is 2.24. The monoisotopic (exact) mass is 307 g/mol. The fourth-order valence-corrected chi connectivity index (χ4v) is 4.46. The second kappa shape index (κ2) is 6.49. The van der Waals surface area contributed by atoms with Gasteiger partial charge in [0, 0.05) is 23.2 Å². The van der Waals surface area contributed by atoms with Crippen LogP contribution in [0.3, 0.4) is 0 Å². The van der Waals surface area contributed by atoms with Crippen LogP contribution in [0, 0.1) is 33.6 Å². The molecule has 1 aliphatic heterocycles.